The zero-order valence-electron chi connectivity index (χ0n) is 18.1. The maximum Gasteiger partial charge on any atom is 0.237 e. The fourth-order valence-electron chi connectivity index (χ4n) is 3.42. The number of thioether (sulfide) groups is 1. The van der Waals surface area contributed by atoms with Crippen molar-refractivity contribution in [2.75, 3.05) is 29.5 Å². The highest BCUT2D eigenvalue weighted by molar-refractivity contribution is 8.01. The van der Waals surface area contributed by atoms with Gasteiger partial charge >= 0.3 is 0 Å². The number of halogens is 1. The van der Waals surface area contributed by atoms with Crippen LogP contribution in [0, 0.1) is 11.7 Å². The third-order valence-electron chi connectivity index (χ3n) is 5.47. The molecule has 1 aliphatic rings. The maximum atomic E-state index is 12.9. The second-order valence-corrected chi connectivity index (χ2v) is 9.48. The number of rotatable bonds is 8. The molecule has 0 saturated carbocycles. The molecule has 1 aliphatic heterocycles. The van der Waals surface area contributed by atoms with Crippen LogP contribution in [0.5, 0.6) is 0 Å². The van der Waals surface area contributed by atoms with Crippen LogP contribution in [0.1, 0.15) is 32.3 Å². The van der Waals surface area contributed by atoms with Crippen molar-refractivity contribution in [2.24, 2.45) is 5.92 Å². The normalized spacial score (nSPS) is 16.0. The Morgan fingerprint density at radius 1 is 1.03 bits per heavy atom. The van der Waals surface area contributed by atoms with E-state index in [1.54, 1.807) is 6.92 Å². The van der Waals surface area contributed by atoms with Crippen molar-refractivity contribution in [3.63, 3.8) is 0 Å². The van der Waals surface area contributed by atoms with Crippen molar-refractivity contribution in [3.8, 4) is 0 Å². The molecule has 1 fully saturated rings. The number of amides is 2. The first-order chi connectivity index (χ1) is 14.9. The van der Waals surface area contributed by atoms with Gasteiger partial charge in [-0.05, 0) is 80.7 Å². The summed E-state index contributed by atoms with van der Waals surface area (Å²) in [4.78, 5) is 27.0. The van der Waals surface area contributed by atoms with Gasteiger partial charge in [0.15, 0.2) is 0 Å². The number of hydrogen-bond acceptors (Lipinski definition) is 4. The van der Waals surface area contributed by atoms with Crippen LogP contribution in [0.2, 0.25) is 0 Å². The lowest BCUT2D eigenvalue weighted by Gasteiger charge is -2.30. The Bertz CT molecular complexity index is 865. The van der Waals surface area contributed by atoms with Gasteiger partial charge in [0.05, 0.1) is 11.0 Å². The van der Waals surface area contributed by atoms with Crippen molar-refractivity contribution in [3.05, 3.63) is 59.9 Å². The van der Waals surface area contributed by atoms with Crippen molar-refractivity contribution >= 4 is 35.0 Å². The lowest BCUT2D eigenvalue weighted by molar-refractivity contribution is -0.115. The van der Waals surface area contributed by atoms with Crippen LogP contribution < -0.4 is 10.6 Å². The molecular formula is C24H30FN3O2S. The third-order valence-corrected chi connectivity index (χ3v) is 6.61. The van der Waals surface area contributed by atoms with Crippen molar-refractivity contribution in [2.45, 2.75) is 38.5 Å². The van der Waals surface area contributed by atoms with E-state index >= 15 is 0 Å². The first-order valence-corrected chi connectivity index (χ1v) is 11.7. The number of nitrogens with one attached hydrogen (secondary N) is 2. The molecule has 1 heterocycles. The highest BCUT2D eigenvalue weighted by Gasteiger charge is 2.17. The Hall–Kier alpha value is -2.38. The van der Waals surface area contributed by atoms with Gasteiger partial charge in [0, 0.05) is 17.9 Å². The molecule has 1 atom stereocenters. The molecule has 0 aliphatic carbocycles. The molecule has 2 aromatic carbocycles. The monoisotopic (exact) mass is 443 g/mol. The van der Waals surface area contributed by atoms with Gasteiger partial charge in [-0.2, -0.15) is 0 Å². The second-order valence-electron chi connectivity index (χ2n) is 8.15. The largest absolute Gasteiger partial charge is 0.325 e. The maximum absolute atomic E-state index is 12.9. The minimum absolute atomic E-state index is 0.138. The fourth-order valence-corrected chi connectivity index (χ4v) is 4.11. The number of anilines is 2. The summed E-state index contributed by atoms with van der Waals surface area (Å²) in [6.07, 6.45) is 2.51. The first kappa shape index (κ1) is 23.3. The van der Waals surface area contributed by atoms with Crippen LogP contribution in [0.3, 0.4) is 0 Å². The molecule has 1 saturated heterocycles. The summed E-state index contributed by atoms with van der Waals surface area (Å²) >= 11 is 1.26. The molecule has 0 radical (unpaired) electrons. The molecule has 2 aromatic rings. The Morgan fingerprint density at radius 3 is 2.26 bits per heavy atom. The van der Waals surface area contributed by atoms with Crippen LogP contribution in [-0.2, 0) is 16.1 Å². The van der Waals surface area contributed by atoms with Crippen molar-refractivity contribution in [1.29, 1.82) is 0 Å². The molecule has 0 bridgehead atoms. The SMILES string of the molecule is CC1CCN(Cc2ccc(NC(=O)C(C)SCC(=O)Nc3ccc(F)cc3)cc2)CC1. The number of piperidine rings is 1. The van der Waals surface area contributed by atoms with E-state index < -0.39 is 0 Å². The van der Waals surface area contributed by atoms with Gasteiger partial charge in [-0.25, -0.2) is 4.39 Å². The van der Waals surface area contributed by atoms with Crippen LogP contribution in [0.4, 0.5) is 15.8 Å². The van der Waals surface area contributed by atoms with Crippen LogP contribution in [-0.4, -0.2) is 40.8 Å². The lowest BCUT2D eigenvalue weighted by atomic mass is 9.99. The molecule has 0 spiro atoms. The highest BCUT2D eigenvalue weighted by atomic mass is 32.2. The molecule has 166 valence electrons. The predicted octanol–water partition coefficient (Wildman–Crippen LogP) is 4.76. The summed E-state index contributed by atoms with van der Waals surface area (Å²) in [5.41, 5.74) is 2.53. The number of carbonyl (C=O) groups is 2. The lowest BCUT2D eigenvalue weighted by Crippen LogP contribution is -2.32. The molecule has 5 nitrogen and oxygen atoms in total. The quantitative estimate of drug-likeness (QED) is 0.618. The summed E-state index contributed by atoms with van der Waals surface area (Å²) in [6, 6.07) is 13.6. The minimum Gasteiger partial charge on any atom is -0.325 e. The zero-order chi connectivity index (χ0) is 22.2. The summed E-state index contributed by atoms with van der Waals surface area (Å²) in [7, 11) is 0. The van der Waals surface area contributed by atoms with Gasteiger partial charge in [0.25, 0.3) is 0 Å². The van der Waals surface area contributed by atoms with E-state index in [-0.39, 0.29) is 28.6 Å². The molecular weight excluding hydrogens is 413 g/mol. The Labute approximate surface area is 187 Å². The number of likely N-dealkylation sites (tertiary alicyclic amines) is 1. The predicted molar refractivity (Wildman–Crippen MR) is 126 cm³/mol. The standard InChI is InChI=1S/C24H30FN3O2S/c1-17-11-13-28(14-12-17)15-19-3-7-22(8-4-19)27-24(30)18(2)31-16-23(29)26-21-9-5-20(25)6-10-21/h3-10,17-18H,11-16H2,1-2H3,(H,26,29)(H,27,30). The summed E-state index contributed by atoms with van der Waals surface area (Å²) in [5.74, 6) is 0.235. The highest BCUT2D eigenvalue weighted by Crippen LogP contribution is 2.20. The van der Waals surface area contributed by atoms with E-state index in [9.17, 15) is 14.0 Å². The average molecular weight is 444 g/mol. The van der Waals surface area contributed by atoms with Crippen molar-refractivity contribution < 1.29 is 14.0 Å². The molecule has 2 N–H and O–H groups in total. The van der Waals surface area contributed by atoms with Gasteiger partial charge in [-0.15, -0.1) is 11.8 Å². The summed E-state index contributed by atoms with van der Waals surface area (Å²) in [6.45, 7) is 7.31. The average Bonchev–Trinajstić information content (AvgIpc) is 2.76. The van der Waals surface area contributed by atoms with Crippen LogP contribution in [0.25, 0.3) is 0 Å². The summed E-state index contributed by atoms with van der Waals surface area (Å²) in [5, 5.41) is 5.22. The Morgan fingerprint density at radius 2 is 1.61 bits per heavy atom. The fraction of sp³-hybridized carbons (Fsp3) is 0.417. The number of benzene rings is 2. The summed E-state index contributed by atoms with van der Waals surface area (Å²) < 4.78 is 12.9. The van der Waals surface area contributed by atoms with Gasteiger partial charge < -0.3 is 10.6 Å². The van der Waals surface area contributed by atoms with Crippen molar-refractivity contribution in [1.82, 2.24) is 4.90 Å². The van der Waals surface area contributed by atoms with Crippen LogP contribution >= 0.6 is 11.8 Å². The number of carbonyl (C=O) groups excluding carboxylic acids is 2. The molecule has 2 amide bonds. The second kappa shape index (κ2) is 11.3. The molecule has 7 heteroatoms. The van der Waals surface area contributed by atoms with Gasteiger partial charge in [0.2, 0.25) is 11.8 Å². The third kappa shape index (κ3) is 7.67. The molecule has 1 unspecified atom stereocenters. The molecule has 31 heavy (non-hydrogen) atoms. The van der Waals surface area contributed by atoms with E-state index in [1.165, 1.54) is 54.4 Å². The smallest absolute Gasteiger partial charge is 0.237 e. The van der Waals surface area contributed by atoms with E-state index in [0.29, 0.717) is 5.69 Å². The van der Waals surface area contributed by atoms with E-state index in [0.717, 1.165) is 31.2 Å². The topological polar surface area (TPSA) is 61.4 Å². The van der Waals surface area contributed by atoms with E-state index in [2.05, 4.69) is 34.6 Å². The minimum atomic E-state index is -0.381. The Balaban J connectivity index is 1.40. The van der Waals surface area contributed by atoms with E-state index in [4.69, 9.17) is 0 Å². The number of hydrogen-bond donors (Lipinski definition) is 2. The Kier molecular flexibility index (Phi) is 8.49. The van der Waals surface area contributed by atoms with Gasteiger partial charge in [0.1, 0.15) is 5.82 Å². The van der Waals surface area contributed by atoms with Gasteiger partial charge in [-0.1, -0.05) is 19.1 Å². The van der Waals surface area contributed by atoms with Crippen LogP contribution in [0.15, 0.2) is 48.5 Å². The molecule has 3 rings (SSSR count). The van der Waals surface area contributed by atoms with E-state index in [1.807, 2.05) is 12.1 Å². The van der Waals surface area contributed by atoms with Gasteiger partial charge in [-0.3, -0.25) is 14.5 Å². The zero-order valence-corrected chi connectivity index (χ0v) is 18.9. The first-order valence-electron chi connectivity index (χ1n) is 10.7. The molecule has 0 aromatic heterocycles. The number of nitrogens with zero attached hydrogens (tertiary/aromatic N) is 1.